The van der Waals surface area contributed by atoms with Gasteiger partial charge in [-0.2, -0.15) is 5.10 Å². The normalized spacial score (nSPS) is 20.3. The molecule has 2 heterocycles. The van der Waals surface area contributed by atoms with Crippen molar-refractivity contribution in [3.63, 3.8) is 0 Å². The molecular weight excluding hydrogens is 330 g/mol. The molecule has 0 bridgehead atoms. The molecule has 0 saturated carbocycles. The number of hydrogen-bond acceptors (Lipinski definition) is 3. The van der Waals surface area contributed by atoms with E-state index in [0.717, 1.165) is 36.9 Å². The van der Waals surface area contributed by atoms with Crippen molar-refractivity contribution in [2.75, 3.05) is 13.1 Å². The Labute approximate surface area is 151 Å². The van der Waals surface area contributed by atoms with Crippen molar-refractivity contribution in [3.8, 4) is 5.69 Å². The van der Waals surface area contributed by atoms with E-state index in [0.29, 0.717) is 16.8 Å². The number of hydrogen-bond donors (Lipinski definition) is 2. The summed E-state index contributed by atoms with van der Waals surface area (Å²) >= 11 is 0. The Hall–Kier alpha value is -2.67. The van der Waals surface area contributed by atoms with Crippen molar-refractivity contribution < 1.29 is 9.18 Å². The van der Waals surface area contributed by atoms with Crippen LogP contribution in [-0.4, -0.2) is 36.6 Å². The van der Waals surface area contributed by atoms with Gasteiger partial charge in [0, 0.05) is 11.6 Å². The van der Waals surface area contributed by atoms with Gasteiger partial charge in [-0.1, -0.05) is 18.2 Å². The maximum atomic E-state index is 14.9. The predicted octanol–water partition coefficient (Wildman–Crippen LogP) is 1.48. The molecule has 3 N–H and O–H groups in total. The van der Waals surface area contributed by atoms with Gasteiger partial charge in [0.2, 0.25) is 0 Å². The molecule has 1 atom stereocenters. The van der Waals surface area contributed by atoms with Crippen LogP contribution in [0.4, 0.5) is 4.39 Å². The van der Waals surface area contributed by atoms with Crippen LogP contribution in [0.15, 0.2) is 42.6 Å². The largest absolute Gasteiger partial charge is 0.366 e. The van der Waals surface area contributed by atoms with Gasteiger partial charge in [0.1, 0.15) is 24.9 Å². The number of carbonyl (C=O) groups excluding carboxylic acids is 1. The second-order valence-electron chi connectivity index (χ2n) is 7.19. The lowest BCUT2D eigenvalue weighted by Gasteiger charge is -2.35. The molecule has 1 saturated heterocycles. The molecule has 26 heavy (non-hydrogen) atoms. The number of primary amides is 1. The Kier molecular flexibility index (Phi) is 4.03. The first-order valence-corrected chi connectivity index (χ1v) is 8.77. The predicted molar refractivity (Wildman–Crippen MR) is 102 cm³/mol. The van der Waals surface area contributed by atoms with E-state index in [1.54, 1.807) is 30.5 Å². The summed E-state index contributed by atoms with van der Waals surface area (Å²) in [4.78, 5) is 11.6. The summed E-state index contributed by atoms with van der Waals surface area (Å²) in [5, 5.41) is 8.46. The van der Waals surface area contributed by atoms with Crippen molar-refractivity contribution in [2.24, 2.45) is 5.73 Å². The lowest BCUT2D eigenvalue weighted by molar-refractivity contribution is 0.100. The average Bonchev–Trinajstić information content (AvgIpc) is 3.05. The van der Waals surface area contributed by atoms with Crippen LogP contribution in [0.1, 0.15) is 28.8 Å². The minimum Gasteiger partial charge on any atom is -0.366 e. The second kappa shape index (κ2) is 6.25. The standard InChI is InChI=1S/C19H20BFN4O/c20-19(7-2-8-23-11-19)13-5-6-16(15(21)9-13)25-10-12-3-1-4-14(18(22)26)17(12)24-25/h1,3-6,9-10,23H,2,7-8,11,20H2,(H2,22,26)/t19-/m1/s1. The van der Waals surface area contributed by atoms with Gasteiger partial charge in [-0.3, -0.25) is 4.79 Å². The molecule has 0 unspecified atom stereocenters. The lowest BCUT2D eigenvalue weighted by Crippen LogP contribution is -2.43. The third-order valence-electron chi connectivity index (χ3n) is 5.29. The van der Waals surface area contributed by atoms with Gasteiger partial charge < -0.3 is 11.1 Å². The first kappa shape index (κ1) is 16.8. The van der Waals surface area contributed by atoms with Crippen LogP contribution in [0, 0.1) is 5.82 Å². The van der Waals surface area contributed by atoms with E-state index in [1.165, 1.54) is 4.68 Å². The fraction of sp³-hybridized carbons (Fsp3) is 0.263. The minimum absolute atomic E-state index is 0.0639. The molecule has 1 aromatic heterocycles. The highest BCUT2D eigenvalue weighted by molar-refractivity contribution is 6.16. The van der Waals surface area contributed by atoms with Crippen LogP contribution in [0.3, 0.4) is 0 Å². The topological polar surface area (TPSA) is 72.9 Å². The van der Waals surface area contributed by atoms with Gasteiger partial charge in [-0.05, 0) is 55.0 Å². The molecule has 1 amide bonds. The average molecular weight is 350 g/mol. The third kappa shape index (κ3) is 2.78. The number of carbonyl (C=O) groups is 1. The maximum Gasteiger partial charge on any atom is 0.250 e. The molecule has 0 radical (unpaired) electrons. The van der Waals surface area contributed by atoms with Gasteiger partial charge in [0.25, 0.3) is 5.91 Å². The van der Waals surface area contributed by atoms with Crippen LogP contribution >= 0.6 is 0 Å². The number of amides is 1. The highest BCUT2D eigenvalue weighted by atomic mass is 19.1. The summed E-state index contributed by atoms with van der Waals surface area (Å²) < 4.78 is 16.3. The fourth-order valence-corrected chi connectivity index (χ4v) is 3.74. The van der Waals surface area contributed by atoms with Gasteiger partial charge in [-0.25, -0.2) is 9.07 Å². The Morgan fingerprint density at radius 3 is 2.88 bits per heavy atom. The molecule has 0 spiro atoms. The van der Waals surface area contributed by atoms with Gasteiger partial charge >= 0.3 is 0 Å². The number of fused-ring (bicyclic) bond motifs is 1. The van der Waals surface area contributed by atoms with Crippen LogP contribution in [-0.2, 0) is 5.31 Å². The molecule has 4 rings (SSSR count). The zero-order valence-corrected chi connectivity index (χ0v) is 14.6. The van der Waals surface area contributed by atoms with Crippen molar-refractivity contribution in [1.29, 1.82) is 0 Å². The summed E-state index contributed by atoms with van der Waals surface area (Å²) in [5.74, 6) is -0.878. The molecule has 3 aromatic rings. The number of aromatic nitrogens is 2. The van der Waals surface area contributed by atoms with Crippen molar-refractivity contribution in [2.45, 2.75) is 18.2 Å². The van der Waals surface area contributed by atoms with Crippen LogP contribution in [0.5, 0.6) is 0 Å². The quantitative estimate of drug-likeness (QED) is 0.703. The van der Waals surface area contributed by atoms with Gasteiger partial charge in [0.05, 0.1) is 5.56 Å². The highest BCUT2D eigenvalue weighted by Gasteiger charge is 2.29. The summed E-state index contributed by atoms with van der Waals surface area (Å²) in [6.45, 7) is 1.86. The lowest BCUT2D eigenvalue weighted by atomic mass is 9.60. The van der Waals surface area contributed by atoms with E-state index >= 15 is 0 Å². The SMILES string of the molecule is B[C@]1(c2ccc(-n3cc4cccc(C(N)=O)c4n3)c(F)c2)CCCNC1. The van der Waals surface area contributed by atoms with Crippen molar-refractivity contribution in [1.82, 2.24) is 15.1 Å². The Morgan fingerprint density at radius 1 is 1.35 bits per heavy atom. The van der Waals surface area contributed by atoms with E-state index in [2.05, 4.69) is 18.3 Å². The van der Waals surface area contributed by atoms with E-state index in [1.807, 2.05) is 12.1 Å². The van der Waals surface area contributed by atoms with Gasteiger partial charge in [-0.15, -0.1) is 0 Å². The van der Waals surface area contributed by atoms with Crippen LogP contribution < -0.4 is 11.1 Å². The molecule has 7 heteroatoms. The van der Waals surface area contributed by atoms with E-state index in [9.17, 15) is 9.18 Å². The smallest absolute Gasteiger partial charge is 0.250 e. The number of halogens is 1. The first-order chi connectivity index (χ1) is 12.5. The second-order valence-corrected chi connectivity index (χ2v) is 7.19. The van der Waals surface area contributed by atoms with E-state index in [-0.39, 0.29) is 11.1 Å². The molecule has 1 fully saturated rings. The number of nitrogens with one attached hydrogen (secondary N) is 1. The zero-order valence-electron chi connectivity index (χ0n) is 14.6. The fourth-order valence-electron chi connectivity index (χ4n) is 3.74. The number of rotatable bonds is 3. The molecule has 1 aliphatic heterocycles. The minimum atomic E-state index is -0.547. The first-order valence-electron chi connectivity index (χ1n) is 8.77. The monoisotopic (exact) mass is 350 g/mol. The Balaban J connectivity index is 1.76. The summed E-state index contributed by atoms with van der Waals surface area (Å²) in [7, 11) is 2.16. The Bertz CT molecular complexity index is 994. The third-order valence-corrected chi connectivity index (χ3v) is 5.29. The molecule has 0 aliphatic carbocycles. The molecule has 2 aromatic carbocycles. The number of benzene rings is 2. The molecular formula is C19H20BFN4O. The summed E-state index contributed by atoms with van der Waals surface area (Å²) in [6, 6.07) is 10.5. The van der Waals surface area contributed by atoms with Gasteiger partial charge in [0.15, 0.2) is 0 Å². The van der Waals surface area contributed by atoms with E-state index < -0.39 is 5.91 Å². The summed E-state index contributed by atoms with van der Waals surface area (Å²) in [6.07, 6.45) is 3.83. The molecule has 1 aliphatic rings. The summed E-state index contributed by atoms with van der Waals surface area (Å²) in [5.41, 5.74) is 7.56. The maximum absolute atomic E-state index is 14.9. The van der Waals surface area contributed by atoms with E-state index in [4.69, 9.17) is 5.73 Å². The van der Waals surface area contributed by atoms with Crippen molar-refractivity contribution in [3.05, 3.63) is 59.5 Å². The Morgan fingerprint density at radius 2 is 2.19 bits per heavy atom. The zero-order chi connectivity index (χ0) is 18.3. The van der Waals surface area contributed by atoms with Crippen LogP contribution in [0.2, 0.25) is 0 Å². The molecule has 5 nitrogen and oxygen atoms in total. The number of nitrogens with two attached hydrogens (primary N) is 1. The number of nitrogens with zero attached hydrogens (tertiary/aromatic N) is 2. The number of piperidine rings is 1. The van der Waals surface area contributed by atoms with Crippen LogP contribution in [0.25, 0.3) is 16.6 Å². The van der Waals surface area contributed by atoms with Crippen molar-refractivity contribution >= 4 is 24.7 Å². The highest BCUT2D eigenvalue weighted by Crippen LogP contribution is 2.30. The molecule has 132 valence electrons.